The monoisotopic (exact) mass is 393 g/mol. The maximum absolute atomic E-state index is 13.6. The number of esters is 1. The summed E-state index contributed by atoms with van der Waals surface area (Å²) in [6, 6.07) is 13.5. The zero-order valence-corrected chi connectivity index (χ0v) is 14.8. The van der Waals surface area contributed by atoms with Crippen LogP contribution in [0.4, 0.5) is 4.39 Å². The predicted molar refractivity (Wildman–Crippen MR) is 91.9 cm³/mol. The third kappa shape index (κ3) is 4.89. The largest absolute Gasteiger partial charge is 0.452 e. The topological polar surface area (TPSA) is 46.6 Å². The summed E-state index contributed by atoms with van der Waals surface area (Å²) < 4.78 is 19.2. The number of hydrogen-bond donors (Lipinski definition) is 0. The van der Waals surface area contributed by atoms with E-state index in [2.05, 4.69) is 15.9 Å². The van der Waals surface area contributed by atoms with E-state index in [-0.39, 0.29) is 11.5 Å². The van der Waals surface area contributed by atoms with Gasteiger partial charge in [-0.2, -0.15) is 0 Å². The molecule has 0 unspecified atom stereocenters. The quantitative estimate of drug-likeness (QED) is 0.701. The second kappa shape index (κ2) is 8.59. The molecule has 4 nitrogen and oxygen atoms in total. The Morgan fingerprint density at radius 3 is 2.54 bits per heavy atom. The van der Waals surface area contributed by atoms with E-state index >= 15 is 0 Å². The molecule has 0 spiro atoms. The van der Waals surface area contributed by atoms with Crippen LogP contribution >= 0.6 is 15.9 Å². The highest BCUT2D eigenvalue weighted by Gasteiger charge is 2.18. The summed E-state index contributed by atoms with van der Waals surface area (Å²) in [7, 11) is 0. The van der Waals surface area contributed by atoms with E-state index in [1.165, 1.54) is 12.1 Å². The van der Waals surface area contributed by atoms with Crippen LogP contribution in [-0.4, -0.2) is 29.9 Å². The van der Waals surface area contributed by atoms with Crippen LogP contribution in [-0.2, 0) is 16.1 Å². The first-order valence-corrected chi connectivity index (χ1v) is 8.24. The van der Waals surface area contributed by atoms with Crippen molar-refractivity contribution in [2.45, 2.75) is 13.5 Å². The number of nitrogens with zero attached hydrogens (tertiary/aromatic N) is 1. The predicted octanol–water partition coefficient (Wildman–Crippen LogP) is 3.79. The number of rotatable bonds is 6. The maximum atomic E-state index is 13.6. The molecular formula is C18H17BrFNO3. The van der Waals surface area contributed by atoms with Gasteiger partial charge in [0.05, 0.1) is 5.56 Å². The van der Waals surface area contributed by atoms with E-state index in [1.54, 1.807) is 4.90 Å². The van der Waals surface area contributed by atoms with E-state index < -0.39 is 18.4 Å². The minimum absolute atomic E-state index is 0.205. The van der Waals surface area contributed by atoms with Gasteiger partial charge < -0.3 is 9.64 Å². The second-order valence-corrected chi connectivity index (χ2v) is 6.01. The molecule has 24 heavy (non-hydrogen) atoms. The minimum Gasteiger partial charge on any atom is -0.452 e. The molecule has 0 bridgehead atoms. The first-order valence-electron chi connectivity index (χ1n) is 7.45. The number of carbonyl (C=O) groups excluding carboxylic acids is 2. The van der Waals surface area contributed by atoms with Gasteiger partial charge in [0, 0.05) is 17.6 Å². The van der Waals surface area contributed by atoms with Crippen molar-refractivity contribution in [1.82, 2.24) is 4.90 Å². The molecule has 2 aromatic rings. The van der Waals surface area contributed by atoms with Gasteiger partial charge in [-0.3, -0.25) is 4.79 Å². The fourth-order valence-electron chi connectivity index (χ4n) is 2.13. The van der Waals surface area contributed by atoms with Crippen molar-refractivity contribution in [3.63, 3.8) is 0 Å². The Morgan fingerprint density at radius 2 is 1.88 bits per heavy atom. The van der Waals surface area contributed by atoms with Crippen molar-refractivity contribution < 1.29 is 18.7 Å². The average molecular weight is 394 g/mol. The van der Waals surface area contributed by atoms with Gasteiger partial charge in [-0.1, -0.05) is 46.3 Å². The summed E-state index contributed by atoms with van der Waals surface area (Å²) in [4.78, 5) is 25.7. The third-order valence-electron chi connectivity index (χ3n) is 3.43. The van der Waals surface area contributed by atoms with Crippen LogP contribution in [0.3, 0.4) is 0 Å². The van der Waals surface area contributed by atoms with E-state index in [9.17, 15) is 14.0 Å². The molecule has 2 aromatic carbocycles. The molecule has 0 saturated heterocycles. The van der Waals surface area contributed by atoms with Gasteiger partial charge in [-0.15, -0.1) is 0 Å². The van der Waals surface area contributed by atoms with Gasteiger partial charge in [0.1, 0.15) is 5.82 Å². The van der Waals surface area contributed by atoms with Crippen LogP contribution < -0.4 is 0 Å². The number of ether oxygens (including phenoxy) is 1. The van der Waals surface area contributed by atoms with Crippen LogP contribution in [0.5, 0.6) is 0 Å². The van der Waals surface area contributed by atoms with Crippen molar-refractivity contribution in [3.8, 4) is 0 Å². The Bertz CT molecular complexity index is 721. The summed E-state index contributed by atoms with van der Waals surface area (Å²) in [5, 5.41) is 0. The summed E-state index contributed by atoms with van der Waals surface area (Å²) in [6.45, 7) is 2.33. The molecule has 0 fully saturated rings. The van der Waals surface area contributed by atoms with Crippen molar-refractivity contribution in [3.05, 3.63) is 69.9 Å². The molecule has 0 aromatic heterocycles. The van der Waals surface area contributed by atoms with Gasteiger partial charge in [-0.25, -0.2) is 9.18 Å². The molecule has 1 amide bonds. The van der Waals surface area contributed by atoms with E-state index in [0.717, 1.165) is 11.6 Å². The second-order valence-electron chi connectivity index (χ2n) is 5.09. The van der Waals surface area contributed by atoms with Gasteiger partial charge in [0.2, 0.25) is 0 Å². The van der Waals surface area contributed by atoms with Gasteiger partial charge in [0.15, 0.2) is 6.61 Å². The Labute approximate surface area is 148 Å². The molecule has 6 heteroatoms. The van der Waals surface area contributed by atoms with E-state index in [4.69, 9.17) is 4.74 Å². The third-order valence-corrected chi connectivity index (χ3v) is 3.92. The molecule has 0 atom stereocenters. The van der Waals surface area contributed by atoms with Crippen LogP contribution in [0, 0.1) is 5.82 Å². The summed E-state index contributed by atoms with van der Waals surface area (Å²) in [5.74, 6) is -1.88. The van der Waals surface area contributed by atoms with Crippen LogP contribution in [0.2, 0.25) is 0 Å². The first kappa shape index (κ1) is 18.1. The zero-order chi connectivity index (χ0) is 17.5. The lowest BCUT2D eigenvalue weighted by Crippen LogP contribution is -2.34. The molecule has 0 saturated carbocycles. The SMILES string of the molecule is CCN(Cc1ccccc1)C(=O)COC(=O)c1cc(Br)ccc1F. The van der Waals surface area contributed by atoms with Crippen molar-refractivity contribution in [2.24, 2.45) is 0 Å². The van der Waals surface area contributed by atoms with Crippen molar-refractivity contribution >= 4 is 27.8 Å². The lowest BCUT2D eigenvalue weighted by atomic mass is 10.2. The zero-order valence-electron chi connectivity index (χ0n) is 13.2. The number of amides is 1. The number of halogens is 2. The van der Waals surface area contributed by atoms with E-state index in [0.29, 0.717) is 17.6 Å². The Kier molecular flexibility index (Phi) is 6.49. The highest BCUT2D eigenvalue weighted by molar-refractivity contribution is 9.10. The number of benzene rings is 2. The standard InChI is InChI=1S/C18H17BrFNO3/c1-2-21(11-13-6-4-3-5-7-13)17(22)12-24-18(23)15-10-14(19)8-9-16(15)20/h3-10H,2,11-12H2,1H3. The number of carbonyl (C=O) groups is 2. The van der Waals surface area contributed by atoms with Crippen LogP contribution in [0.25, 0.3) is 0 Å². The Morgan fingerprint density at radius 1 is 1.17 bits per heavy atom. The fourth-order valence-corrected chi connectivity index (χ4v) is 2.49. The summed E-state index contributed by atoms with van der Waals surface area (Å²) >= 11 is 3.17. The lowest BCUT2D eigenvalue weighted by Gasteiger charge is -2.20. The van der Waals surface area contributed by atoms with Crippen molar-refractivity contribution in [2.75, 3.05) is 13.2 Å². The molecule has 0 aliphatic heterocycles. The van der Waals surface area contributed by atoms with E-state index in [1.807, 2.05) is 37.3 Å². The molecular weight excluding hydrogens is 377 g/mol. The average Bonchev–Trinajstić information content (AvgIpc) is 2.60. The number of hydrogen-bond acceptors (Lipinski definition) is 3. The van der Waals surface area contributed by atoms with Gasteiger partial charge in [0.25, 0.3) is 5.91 Å². The first-order chi connectivity index (χ1) is 11.5. The van der Waals surface area contributed by atoms with Crippen molar-refractivity contribution in [1.29, 1.82) is 0 Å². The molecule has 0 aliphatic rings. The summed E-state index contributed by atoms with van der Waals surface area (Å²) in [6.07, 6.45) is 0. The van der Waals surface area contributed by atoms with Gasteiger partial charge >= 0.3 is 5.97 Å². The molecule has 2 rings (SSSR count). The Hall–Kier alpha value is -2.21. The Balaban J connectivity index is 1.95. The normalized spacial score (nSPS) is 10.3. The molecule has 0 heterocycles. The van der Waals surface area contributed by atoms with Crippen LogP contribution in [0.1, 0.15) is 22.8 Å². The molecule has 0 radical (unpaired) electrons. The minimum atomic E-state index is -0.863. The smallest absolute Gasteiger partial charge is 0.341 e. The lowest BCUT2D eigenvalue weighted by molar-refractivity contribution is -0.134. The summed E-state index contributed by atoms with van der Waals surface area (Å²) in [5.41, 5.74) is 0.778. The highest BCUT2D eigenvalue weighted by Crippen LogP contribution is 2.16. The molecule has 0 N–H and O–H groups in total. The fraction of sp³-hybridized carbons (Fsp3) is 0.222. The van der Waals surface area contributed by atoms with Gasteiger partial charge in [-0.05, 0) is 30.7 Å². The maximum Gasteiger partial charge on any atom is 0.341 e. The molecule has 0 aliphatic carbocycles. The molecule has 126 valence electrons. The van der Waals surface area contributed by atoms with Crippen LogP contribution in [0.15, 0.2) is 53.0 Å². The highest BCUT2D eigenvalue weighted by atomic mass is 79.9. The number of likely N-dealkylation sites (N-methyl/N-ethyl adjacent to an activating group) is 1.